The van der Waals surface area contributed by atoms with Gasteiger partial charge in [0, 0.05) is 6.54 Å². The molecule has 2 aliphatic heterocycles. The fourth-order valence-electron chi connectivity index (χ4n) is 5.70. The van der Waals surface area contributed by atoms with Gasteiger partial charge < -0.3 is 39.0 Å². The van der Waals surface area contributed by atoms with Crippen LogP contribution in [-0.4, -0.2) is 73.0 Å². The Balaban J connectivity index is 1.25. The maximum atomic E-state index is 13.2. The van der Waals surface area contributed by atoms with Gasteiger partial charge in [0.25, 0.3) is 0 Å². The van der Waals surface area contributed by atoms with Crippen LogP contribution in [0.2, 0.25) is 0 Å². The standard InChI is InChI=1S/C36H44N2O8/c1-25(2)20-38(36(41)45-23-28-11-7-4-8-12-28)21-32(39)31(37-35(40)46-33-24-44-34-30(33)17-18-42-34)19-26-13-15-29(16-14-26)43-22-27-9-5-3-6-10-27/h3-16,25,30-34,39H,17-24H2,1-2H3,(H,37,40)/t30-,31-,32+,33-,34+/m0/s1. The van der Waals surface area contributed by atoms with Crippen LogP contribution in [0.3, 0.4) is 0 Å². The number of nitrogens with one attached hydrogen (secondary N) is 1. The Morgan fingerprint density at radius 1 is 0.891 bits per heavy atom. The summed E-state index contributed by atoms with van der Waals surface area (Å²) >= 11 is 0. The first-order valence-electron chi connectivity index (χ1n) is 15.9. The van der Waals surface area contributed by atoms with Gasteiger partial charge in [-0.05, 0) is 47.6 Å². The maximum absolute atomic E-state index is 13.2. The highest BCUT2D eigenvalue weighted by atomic mass is 16.7. The molecule has 46 heavy (non-hydrogen) atoms. The number of hydrogen-bond donors (Lipinski definition) is 2. The minimum Gasteiger partial charge on any atom is -0.489 e. The van der Waals surface area contributed by atoms with E-state index >= 15 is 0 Å². The molecule has 0 aromatic heterocycles. The summed E-state index contributed by atoms with van der Waals surface area (Å²) in [5.41, 5.74) is 2.80. The molecule has 2 amide bonds. The molecule has 0 spiro atoms. The average molecular weight is 633 g/mol. The Morgan fingerprint density at radius 3 is 2.24 bits per heavy atom. The first-order valence-corrected chi connectivity index (χ1v) is 15.9. The fraction of sp³-hybridized carbons (Fsp3) is 0.444. The van der Waals surface area contributed by atoms with E-state index in [1.54, 1.807) is 0 Å². The number of hydrogen-bond acceptors (Lipinski definition) is 8. The molecular weight excluding hydrogens is 588 g/mol. The molecule has 3 aromatic rings. The van der Waals surface area contributed by atoms with Gasteiger partial charge in [0.15, 0.2) is 6.29 Å². The lowest BCUT2D eigenvalue weighted by atomic mass is 10.0. The zero-order valence-electron chi connectivity index (χ0n) is 26.5. The molecule has 0 aliphatic carbocycles. The van der Waals surface area contributed by atoms with Crippen molar-refractivity contribution >= 4 is 12.2 Å². The van der Waals surface area contributed by atoms with Gasteiger partial charge in [0.1, 0.15) is 25.1 Å². The maximum Gasteiger partial charge on any atom is 0.410 e. The van der Waals surface area contributed by atoms with Crippen LogP contribution in [0.4, 0.5) is 9.59 Å². The van der Waals surface area contributed by atoms with Crippen LogP contribution < -0.4 is 10.1 Å². The highest BCUT2D eigenvalue weighted by Crippen LogP contribution is 2.33. The Hall–Kier alpha value is -4.12. The van der Waals surface area contributed by atoms with Crippen molar-refractivity contribution in [2.75, 3.05) is 26.3 Å². The minimum absolute atomic E-state index is 0.0153. The largest absolute Gasteiger partial charge is 0.489 e. The van der Waals surface area contributed by atoms with Crippen molar-refractivity contribution in [2.45, 2.75) is 64.4 Å². The predicted octanol–water partition coefficient (Wildman–Crippen LogP) is 5.32. The van der Waals surface area contributed by atoms with E-state index < -0.39 is 30.4 Å². The molecule has 2 N–H and O–H groups in total. The van der Waals surface area contributed by atoms with Crippen molar-refractivity contribution in [3.05, 3.63) is 102 Å². The Bertz CT molecular complexity index is 1370. The number of aliphatic hydroxyl groups excluding tert-OH is 1. The van der Waals surface area contributed by atoms with Gasteiger partial charge in [0.2, 0.25) is 0 Å². The Labute approximate surface area is 270 Å². The summed E-state index contributed by atoms with van der Waals surface area (Å²) < 4.78 is 28.4. The molecular formula is C36H44N2O8. The monoisotopic (exact) mass is 632 g/mol. The van der Waals surface area contributed by atoms with Crippen LogP contribution >= 0.6 is 0 Å². The molecule has 5 rings (SSSR count). The molecule has 2 fully saturated rings. The molecule has 246 valence electrons. The smallest absolute Gasteiger partial charge is 0.410 e. The lowest BCUT2D eigenvalue weighted by molar-refractivity contribution is -0.0907. The lowest BCUT2D eigenvalue weighted by Gasteiger charge is -2.31. The second-order valence-electron chi connectivity index (χ2n) is 12.2. The van der Waals surface area contributed by atoms with Crippen LogP contribution in [0.5, 0.6) is 5.75 Å². The van der Waals surface area contributed by atoms with Crippen LogP contribution in [0.25, 0.3) is 0 Å². The third-order valence-corrected chi connectivity index (χ3v) is 8.09. The first kappa shape index (κ1) is 33.2. The van der Waals surface area contributed by atoms with E-state index in [2.05, 4.69) is 5.32 Å². The molecule has 2 heterocycles. The van der Waals surface area contributed by atoms with Crippen molar-refractivity contribution in [2.24, 2.45) is 11.8 Å². The fourth-order valence-corrected chi connectivity index (χ4v) is 5.70. The average Bonchev–Trinajstić information content (AvgIpc) is 3.68. The van der Waals surface area contributed by atoms with E-state index in [9.17, 15) is 14.7 Å². The summed E-state index contributed by atoms with van der Waals surface area (Å²) in [4.78, 5) is 27.8. The van der Waals surface area contributed by atoms with Gasteiger partial charge in [-0.2, -0.15) is 0 Å². The Morgan fingerprint density at radius 2 is 1.57 bits per heavy atom. The first-order chi connectivity index (χ1) is 22.3. The lowest BCUT2D eigenvalue weighted by Crippen LogP contribution is -2.52. The van der Waals surface area contributed by atoms with Gasteiger partial charge in [-0.1, -0.05) is 86.6 Å². The molecule has 2 saturated heterocycles. The number of alkyl carbamates (subject to hydrolysis) is 1. The zero-order valence-corrected chi connectivity index (χ0v) is 26.5. The number of nitrogens with zero attached hydrogens (tertiary/aromatic N) is 1. The van der Waals surface area contributed by atoms with Gasteiger partial charge in [-0.25, -0.2) is 9.59 Å². The zero-order chi connectivity index (χ0) is 32.3. The highest BCUT2D eigenvalue weighted by Gasteiger charge is 2.44. The summed E-state index contributed by atoms with van der Waals surface area (Å²) in [5.74, 6) is 0.814. The SMILES string of the molecule is CC(C)CN(C[C@@H](O)[C@H](Cc1ccc(OCc2ccccc2)cc1)NC(=O)O[C@H]1CO[C@H]2OCC[C@H]21)C(=O)OCc1ccccc1. The summed E-state index contributed by atoms with van der Waals surface area (Å²) in [6, 6.07) is 26.1. The van der Waals surface area contributed by atoms with Gasteiger partial charge in [0.05, 0.1) is 37.8 Å². The van der Waals surface area contributed by atoms with Crippen LogP contribution in [-0.2, 0) is 38.6 Å². The number of rotatable bonds is 14. The second-order valence-corrected chi connectivity index (χ2v) is 12.2. The van der Waals surface area contributed by atoms with Crippen LogP contribution in [0.15, 0.2) is 84.9 Å². The molecule has 10 heteroatoms. The third kappa shape index (κ3) is 9.69. The molecule has 0 saturated carbocycles. The quantitative estimate of drug-likeness (QED) is 0.246. The molecule has 0 unspecified atom stereocenters. The van der Waals surface area contributed by atoms with Crippen LogP contribution in [0.1, 0.15) is 37.0 Å². The van der Waals surface area contributed by atoms with E-state index in [4.69, 9.17) is 23.7 Å². The summed E-state index contributed by atoms with van der Waals surface area (Å²) in [5, 5.41) is 14.4. The van der Waals surface area contributed by atoms with E-state index in [-0.39, 0.29) is 37.9 Å². The summed E-state index contributed by atoms with van der Waals surface area (Å²) in [6.07, 6.45) is -2.05. The molecule has 0 radical (unpaired) electrons. The van der Waals surface area contributed by atoms with E-state index in [0.29, 0.717) is 31.9 Å². The molecule has 2 aliphatic rings. The predicted molar refractivity (Wildman–Crippen MR) is 171 cm³/mol. The van der Waals surface area contributed by atoms with Crippen molar-refractivity contribution in [1.82, 2.24) is 10.2 Å². The Kier molecular flexibility index (Phi) is 11.9. The normalized spacial score (nSPS) is 20.0. The van der Waals surface area contributed by atoms with E-state index in [1.807, 2.05) is 98.8 Å². The number of amides is 2. The third-order valence-electron chi connectivity index (χ3n) is 8.09. The van der Waals surface area contributed by atoms with Crippen molar-refractivity contribution in [3.63, 3.8) is 0 Å². The van der Waals surface area contributed by atoms with Gasteiger partial charge in [-0.15, -0.1) is 0 Å². The van der Waals surface area contributed by atoms with E-state index in [1.165, 1.54) is 4.90 Å². The molecule has 5 atom stereocenters. The number of carbonyl (C=O) groups is 2. The van der Waals surface area contributed by atoms with Crippen molar-refractivity contribution in [1.29, 1.82) is 0 Å². The van der Waals surface area contributed by atoms with E-state index in [0.717, 1.165) is 23.1 Å². The number of fused-ring (bicyclic) bond motifs is 1. The van der Waals surface area contributed by atoms with Gasteiger partial charge in [-0.3, -0.25) is 0 Å². The summed E-state index contributed by atoms with van der Waals surface area (Å²) in [7, 11) is 0. The van der Waals surface area contributed by atoms with Crippen molar-refractivity contribution < 1.29 is 38.4 Å². The van der Waals surface area contributed by atoms with Crippen molar-refractivity contribution in [3.8, 4) is 5.75 Å². The topological polar surface area (TPSA) is 116 Å². The number of aliphatic hydroxyl groups is 1. The summed E-state index contributed by atoms with van der Waals surface area (Å²) in [6.45, 7) is 5.69. The number of ether oxygens (including phenoxy) is 5. The number of carbonyl (C=O) groups excluding carboxylic acids is 2. The molecule has 3 aromatic carbocycles. The highest BCUT2D eigenvalue weighted by molar-refractivity contribution is 5.69. The molecule has 10 nitrogen and oxygen atoms in total. The second kappa shape index (κ2) is 16.4. The molecule has 0 bridgehead atoms. The van der Waals surface area contributed by atoms with Crippen LogP contribution in [0, 0.1) is 11.8 Å². The van der Waals surface area contributed by atoms with Gasteiger partial charge >= 0.3 is 12.2 Å². The minimum atomic E-state index is -1.12. The number of benzene rings is 3.